The smallest absolute Gasteiger partial charge is 0.327 e. The lowest BCUT2D eigenvalue weighted by atomic mass is 9.94. The van der Waals surface area contributed by atoms with Crippen LogP contribution in [-0.4, -0.2) is 16.2 Å². The Balaban J connectivity index is 1.65. The number of amides is 2. The highest BCUT2D eigenvalue weighted by atomic mass is 19.1. The van der Waals surface area contributed by atoms with Gasteiger partial charge in [0.15, 0.2) is 0 Å². The Morgan fingerprint density at radius 2 is 1.66 bits per heavy atom. The highest BCUT2D eigenvalue weighted by molar-refractivity contribution is 6.01. The van der Waals surface area contributed by atoms with Crippen LogP contribution in [0.25, 0.3) is 17.0 Å². The van der Waals surface area contributed by atoms with Crippen molar-refractivity contribution in [2.24, 2.45) is 0 Å². The number of anilines is 1. The summed E-state index contributed by atoms with van der Waals surface area (Å²) in [6.45, 7) is 5.40. The van der Waals surface area contributed by atoms with Crippen LogP contribution in [0.5, 0.6) is 0 Å². The van der Waals surface area contributed by atoms with E-state index >= 15 is 0 Å². The summed E-state index contributed by atoms with van der Waals surface area (Å²) in [4.78, 5) is 19.2. The predicted octanol–water partition coefficient (Wildman–Crippen LogP) is 6.33. The zero-order valence-corrected chi connectivity index (χ0v) is 19.3. The lowest BCUT2D eigenvalue weighted by Crippen LogP contribution is -2.46. The monoisotopic (exact) mass is 472 g/mol. The molecule has 0 bridgehead atoms. The summed E-state index contributed by atoms with van der Waals surface area (Å²) in [7, 11) is 0. The van der Waals surface area contributed by atoms with Gasteiger partial charge in [0.25, 0.3) is 5.89 Å². The van der Waals surface area contributed by atoms with Crippen LogP contribution in [0.4, 0.5) is 19.3 Å². The molecule has 1 aliphatic heterocycles. The predicted molar refractivity (Wildman–Crippen MR) is 128 cm³/mol. The molecule has 0 fully saturated rings. The number of urea groups is 1. The molecule has 35 heavy (non-hydrogen) atoms. The third kappa shape index (κ3) is 4.19. The lowest BCUT2D eigenvalue weighted by molar-refractivity contribution is 0.244. The molecule has 1 atom stereocenters. The zero-order chi connectivity index (χ0) is 24.7. The van der Waals surface area contributed by atoms with Crippen LogP contribution in [0.15, 0.2) is 77.0 Å². The van der Waals surface area contributed by atoms with Gasteiger partial charge in [0.05, 0.1) is 17.3 Å². The number of carbonyl (C=O) groups excluding carboxylic acids is 1. The summed E-state index contributed by atoms with van der Waals surface area (Å²) in [5.41, 5.74) is 4.45. The second kappa shape index (κ2) is 8.79. The number of rotatable bonds is 4. The fourth-order valence-electron chi connectivity index (χ4n) is 4.11. The largest absolute Gasteiger partial charge is 0.334 e. The van der Waals surface area contributed by atoms with Crippen LogP contribution >= 0.6 is 0 Å². The Labute approximate surface area is 200 Å². The molecule has 0 radical (unpaired) electrons. The second-order valence-electron chi connectivity index (χ2n) is 8.49. The van der Waals surface area contributed by atoms with Crippen LogP contribution in [0, 0.1) is 25.5 Å². The van der Waals surface area contributed by atoms with Crippen molar-refractivity contribution < 1.29 is 18.1 Å². The molecule has 1 N–H and O–H groups in total. The molecule has 4 aromatic rings. The van der Waals surface area contributed by atoms with Crippen molar-refractivity contribution in [3.05, 3.63) is 107 Å². The van der Waals surface area contributed by atoms with Gasteiger partial charge in [-0.15, -0.1) is 0 Å². The zero-order valence-electron chi connectivity index (χ0n) is 19.3. The Hall–Kier alpha value is -4.33. The average Bonchev–Trinajstić information content (AvgIpc) is 3.31. The van der Waals surface area contributed by atoms with E-state index in [0.29, 0.717) is 28.1 Å². The summed E-state index contributed by atoms with van der Waals surface area (Å²) in [6.07, 6.45) is 0. The minimum atomic E-state index is -0.573. The lowest BCUT2D eigenvalue weighted by Gasteiger charge is -2.35. The van der Waals surface area contributed by atoms with Crippen molar-refractivity contribution >= 4 is 17.3 Å². The molecule has 2 amide bonds. The number of nitrogens with zero attached hydrogens (tertiary/aromatic N) is 3. The Morgan fingerprint density at radius 3 is 2.34 bits per heavy atom. The molecule has 1 aliphatic rings. The van der Waals surface area contributed by atoms with Crippen molar-refractivity contribution in [1.29, 1.82) is 0 Å². The van der Waals surface area contributed by atoms with Crippen LogP contribution in [0.2, 0.25) is 0 Å². The molecule has 0 saturated carbocycles. The molecule has 3 aromatic carbocycles. The van der Waals surface area contributed by atoms with Crippen LogP contribution in [0.1, 0.15) is 35.5 Å². The van der Waals surface area contributed by atoms with Crippen molar-refractivity contribution in [1.82, 2.24) is 15.5 Å². The number of nitrogens with one attached hydrogen (secondary N) is 1. The third-order valence-electron chi connectivity index (χ3n) is 6.07. The van der Waals surface area contributed by atoms with Crippen LogP contribution in [-0.2, 0) is 0 Å². The maximum Gasteiger partial charge on any atom is 0.327 e. The number of aryl methyl sites for hydroxylation is 2. The van der Waals surface area contributed by atoms with Gasteiger partial charge in [-0.25, -0.2) is 13.6 Å². The number of carbonyl (C=O) groups is 1. The van der Waals surface area contributed by atoms with E-state index in [1.807, 2.05) is 31.2 Å². The number of aromatic nitrogens is 2. The first-order valence-corrected chi connectivity index (χ1v) is 11.1. The van der Waals surface area contributed by atoms with E-state index < -0.39 is 17.9 Å². The maximum atomic E-state index is 14.4. The molecule has 0 saturated heterocycles. The van der Waals surface area contributed by atoms with Crippen LogP contribution in [0.3, 0.4) is 0 Å². The molecule has 176 valence electrons. The van der Waals surface area contributed by atoms with E-state index in [9.17, 15) is 13.6 Å². The highest BCUT2D eigenvalue weighted by Crippen LogP contribution is 2.39. The van der Waals surface area contributed by atoms with Gasteiger partial charge in [-0.05, 0) is 68.3 Å². The molecule has 6 nitrogen and oxygen atoms in total. The van der Waals surface area contributed by atoms with Crippen molar-refractivity contribution in [3.63, 3.8) is 0 Å². The first-order valence-electron chi connectivity index (χ1n) is 11.1. The number of benzene rings is 3. The van der Waals surface area contributed by atoms with Gasteiger partial charge in [0.1, 0.15) is 11.6 Å². The molecule has 1 unspecified atom stereocenters. The minimum absolute atomic E-state index is 0.199. The van der Waals surface area contributed by atoms with E-state index in [2.05, 4.69) is 15.5 Å². The quantitative estimate of drug-likeness (QED) is 0.377. The van der Waals surface area contributed by atoms with Crippen molar-refractivity contribution in [2.45, 2.75) is 26.8 Å². The van der Waals surface area contributed by atoms with Gasteiger partial charge in [-0.2, -0.15) is 4.98 Å². The summed E-state index contributed by atoms with van der Waals surface area (Å²) >= 11 is 0. The molecule has 0 aliphatic carbocycles. The standard InChI is InChI=1S/C27H22F2N4O2/c1-15-4-7-18(8-5-15)24-23(26-31-25(32-35-26)19-9-11-20(28)12-10-19)17(3)33(27(34)30-24)21-13-6-16(2)22(29)14-21/h4-14,24H,1-3H3,(H,30,34). The Morgan fingerprint density at radius 1 is 0.943 bits per heavy atom. The van der Waals surface area contributed by atoms with E-state index in [1.54, 1.807) is 38.1 Å². The molecular weight excluding hydrogens is 450 g/mol. The number of hydrogen-bond acceptors (Lipinski definition) is 4. The summed E-state index contributed by atoms with van der Waals surface area (Å²) in [5.74, 6) is -0.300. The van der Waals surface area contributed by atoms with Crippen molar-refractivity contribution in [3.8, 4) is 11.4 Å². The first kappa shape index (κ1) is 22.5. The molecule has 5 rings (SSSR count). The van der Waals surface area contributed by atoms with E-state index in [1.165, 1.54) is 23.1 Å². The maximum absolute atomic E-state index is 14.4. The SMILES string of the molecule is CC1=C(c2nc(-c3ccc(F)cc3)no2)C(c2ccc(C)cc2)NC(=O)N1c1ccc(C)c(F)c1. The second-order valence-corrected chi connectivity index (χ2v) is 8.49. The van der Waals surface area contributed by atoms with Crippen molar-refractivity contribution in [2.75, 3.05) is 4.90 Å². The van der Waals surface area contributed by atoms with Gasteiger partial charge in [-0.3, -0.25) is 4.90 Å². The average molecular weight is 472 g/mol. The fourth-order valence-corrected chi connectivity index (χ4v) is 4.11. The number of halogens is 2. The normalized spacial score (nSPS) is 16.0. The van der Waals surface area contributed by atoms with Gasteiger partial charge < -0.3 is 9.84 Å². The van der Waals surface area contributed by atoms with Gasteiger partial charge in [0.2, 0.25) is 5.82 Å². The minimum Gasteiger partial charge on any atom is -0.334 e. The molecule has 2 heterocycles. The Kier molecular flexibility index (Phi) is 5.64. The number of allylic oxidation sites excluding steroid dienone is 1. The molecule has 0 spiro atoms. The molecule has 8 heteroatoms. The molecule has 1 aromatic heterocycles. The highest BCUT2D eigenvalue weighted by Gasteiger charge is 2.36. The summed E-state index contributed by atoms with van der Waals surface area (Å²) in [5, 5.41) is 7.08. The summed E-state index contributed by atoms with van der Waals surface area (Å²) < 4.78 is 33.4. The summed E-state index contributed by atoms with van der Waals surface area (Å²) in [6, 6.07) is 17.2. The van der Waals surface area contributed by atoms with Gasteiger partial charge in [-0.1, -0.05) is 41.1 Å². The van der Waals surface area contributed by atoms with E-state index in [0.717, 1.165) is 11.1 Å². The van der Waals surface area contributed by atoms with E-state index in [4.69, 9.17) is 4.52 Å². The first-order chi connectivity index (χ1) is 16.8. The topological polar surface area (TPSA) is 71.3 Å². The van der Waals surface area contributed by atoms with E-state index in [-0.39, 0.29) is 17.5 Å². The van der Waals surface area contributed by atoms with Gasteiger partial charge in [0, 0.05) is 11.3 Å². The fraction of sp³-hybridized carbons (Fsp3) is 0.148. The van der Waals surface area contributed by atoms with Gasteiger partial charge >= 0.3 is 6.03 Å². The third-order valence-corrected chi connectivity index (χ3v) is 6.07. The van der Waals surface area contributed by atoms with Crippen LogP contribution < -0.4 is 10.2 Å². The molecular formula is C27H22F2N4O2. The number of hydrogen-bond donors (Lipinski definition) is 1. The Bertz CT molecular complexity index is 1440.